The Hall–Kier alpha value is -1.76. The van der Waals surface area contributed by atoms with Crippen LogP contribution in [0.3, 0.4) is 0 Å². The fraction of sp³-hybridized carbons (Fsp3) is 0.696. The SMILES string of the molecule is C[C@@H]1CN(S(=O)(=O)N2CCN(CCC(=O)Nc3ccc(N4CCOCC4)cc3)CC2)C[C@@H](C)O1. The molecule has 0 spiro atoms. The fourth-order valence-electron chi connectivity index (χ4n) is 4.73. The van der Waals surface area contributed by atoms with E-state index in [-0.39, 0.29) is 18.1 Å². The third-order valence-corrected chi connectivity index (χ3v) is 8.52. The van der Waals surface area contributed by atoms with Crippen molar-refractivity contribution in [2.45, 2.75) is 32.5 Å². The van der Waals surface area contributed by atoms with Gasteiger partial charge in [-0.3, -0.25) is 4.79 Å². The van der Waals surface area contributed by atoms with E-state index in [1.165, 1.54) is 0 Å². The fourth-order valence-corrected chi connectivity index (χ4v) is 6.47. The number of nitrogens with zero attached hydrogens (tertiary/aromatic N) is 4. The lowest BCUT2D eigenvalue weighted by Crippen LogP contribution is -2.57. The van der Waals surface area contributed by atoms with Crippen LogP contribution in [0.2, 0.25) is 0 Å². The maximum atomic E-state index is 13.0. The molecule has 1 aromatic carbocycles. The van der Waals surface area contributed by atoms with E-state index in [1.807, 2.05) is 38.1 Å². The predicted molar refractivity (Wildman–Crippen MR) is 131 cm³/mol. The summed E-state index contributed by atoms with van der Waals surface area (Å²) in [5, 5.41) is 2.96. The van der Waals surface area contributed by atoms with Crippen LogP contribution in [-0.2, 0) is 24.5 Å². The van der Waals surface area contributed by atoms with Crippen LogP contribution in [0.25, 0.3) is 0 Å². The number of carbonyl (C=O) groups excluding carboxylic acids is 1. The van der Waals surface area contributed by atoms with Crippen molar-refractivity contribution in [2.75, 3.05) is 82.3 Å². The maximum absolute atomic E-state index is 13.0. The zero-order chi connectivity index (χ0) is 24.1. The van der Waals surface area contributed by atoms with Gasteiger partial charge in [0.2, 0.25) is 5.91 Å². The quantitative estimate of drug-likeness (QED) is 0.599. The van der Waals surface area contributed by atoms with Gasteiger partial charge >= 0.3 is 0 Å². The highest BCUT2D eigenvalue weighted by Gasteiger charge is 2.36. The van der Waals surface area contributed by atoms with Gasteiger partial charge in [0.1, 0.15) is 0 Å². The van der Waals surface area contributed by atoms with Crippen molar-refractivity contribution in [3.63, 3.8) is 0 Å². The summed E-state index contributed by atoms with van der Waals surface area (Å²) in [5.74, 6) is -0.0366. The number of nitrogens with one attached hydrogen (secondary N) is 1. The predicted octanol–water partition coefficient (Wildman–Crippen LogP) is 0.823. The molecule has 0 radical (unpaired) electrons. The third kappa shape index (κ3) is 6.46. The minimum atomic E-state index is -3.49. The first-order chi connectivity index (χ1) is 16.3. The molecule has 1 aromatic rings. The highest BCUT2D eigenvalue weighted by Crippen LogP contribution is 2.20. The molecule has 0 saturated carbocycles. The van der Waals surface area contributed by atoms with Gasteiger partial charge in [-0.15, -0.1) is 0 Å². The minimum Gasteiger partial charge on any atom is -0.378 e. The molecule has 3 aliphatic heterocycles. The molecule has 3 aliphatic rings. The summed E-state index contributed by atoms with van der Waals surface area (Å²) in [6, 6.07) is 7.91. The van der Waals surface area contributed by atoms with Crippen LogP contribution in [0.5, 0.6) is 0 Å². The van der Waals surface area contributed by atoms with Crippen LogP contribution in [-0.4, -0.2) is 112 Å². The van der Waals surface area contributed by atoms with Crippen molar-refractivity contribution in [1.82, 2.24) is 13.5 Å². The van der Waals surface area contributed by atoms with E-state index in [0.717, 1.165) is 37.7 Å². The highest BCUT2D eigenvalue weighted by molar-refractivity contribution is 7.86. The highest BCUT2D eigenvalue weighted by atomic mass is 32.2. The van der Waals surface area contributed by atoms with E-state index < -0.39 is 10.2 Å². The molecule has 0 aromatic heterocycles. The van der Waals surface area contributed by atoms with Crippen LogP contribution in [0, 0.1) is 0 Å². The first-order valence-corrected chi connectivity index (χ1v) is 13.6. The van der Waals surface area contributed by atoms with Gasteiger partial charge in [-0.05, 0) is 38.1 Å². The van der Waals surface area contributed by atoms with Crippen molar-refractivity contribution in [3.8, 4) is 0 Å². The van der Waals surface area contributed by atoms with Crippen LogP contribution in [0.15, 0.2) is 24.3 Å². The van der Waals surface area contributed by atoms with Crippen molar-refractivity contribution >= 4 is 27.5 Å². The first-order valence-electron chi connectivity index (χ1n) is 12.2. The first kappa shape index (κ1) is 25.3. The number of anilines is 2. The zero-order valence-electron chi connectivity index (χ0n) is 20.2. The van der Waals surface area contributed by atoms with Gasteiger partial charge in [0.15, 0.2) is 0 Å². The number of benzene rings is 1. The molecular weight excluding hydrogens is 458 g/mol. The largest absolute Gasteiger partial charge is 0.378 e. The molecule has 0 unspecified atom stereocenters. The van der Waals surface area contributed by atoms with Crippen molar-refractivity contribution in [3.05, 3.63) is 24.3 Å². The smallest absolute Gasteiger partial charge is 0.282 e. The van der Waals surface area contributed by atoms with Crippen molar-refractivity contribution < 1.29 is 22.7 Å². The number of amides is 1. The molecule has 34 heavy (non-hydrogen) atoms. The zero-order valence-corrected chi connectivity index (χ0v) is 21.0. The summed E-state index contributed by atoms with van der Waals surface area (Å²) in [5.41, 5.74) is 1.92. The maximum Gasteiger partial charge on any atom is 0.282 e. The van der Waals surface area contributed by atoms with Crippen LogP contribution in [0.1, 0.15) is 20.3 Å². The second kappa shape index (κ2) is 11.3. The van der Waals surface area contributed by atoms with Crippen LogP contribution in [0.4, 0.5) is 11.4 Å². The lowest BCUT2D eigenvalue weighted by Gasteiger charge is -2.40. The molecule has 11 heteroatoms. The van der Waals surface area contributed by atoms with E-state index in [4.69, 9.17) is 9.47 Å². The van der Waals surface area contributed by atoms with Crippen LogP contribution >= 0.6 is 0 Å². The van der Waals surface area contributed by atoms with E-state index in [0.29, 0.717) is 52.2 Å². The monoisotopic (exact) mass is 495 g/mol. The number of rotatable bonds is 7. The molecule has 3 saturated heterocycles. The van der Waals surface area contributed by atoms with Gasteiger partial charge in [-0.1, -0.05) is 0 Å². The average Bonchev–Trinajstić information content (AvgIpc) is 2.83. The Morgan fingerprint density at radius 1 is 0.941 bits per heavy atom. The van der Waals surface area contributed by atoms with E-state index >= 15 is 0 Å². The summed E-state index contributed by atoms with van der Waals surface area (Å²) in [6.45, 7) is 10.6. The van der Waals surface area contributed by atoms with E-state index in [2.05, 4.69) is 15.1 Å². The van der Waals surface area contributed by atoms with Crippen LogP contribution < -0.4 is 10.2 Å². The van der Waals surface area contributed by atoms with Gasteiger partial charge in [-0.2, -0.15) is 17.0 Å². The molecule has 2 atom stereocenters. The Balaban J connectivity index is 1.19. The normalized spacial score (nSPS) is 25.9. The average molecular weight is 496 g/mol. The number of hydrogen-bond donors (Lipinski definition) is 1. The second-order valence-electron chi connectivity index (χ2n) is 9.27. The van der Waals surface area contributed by atoms with Gasteiger partial charge in [0.25, 0.3) is 10.2 Å². The van der Waals surface area contributed by atoms with Gasteiger partial charge in [0.05, 0.1) is 25.4 Å². The lowest BCUT2D eigenvalue weighted by atomic mass is 10.2. The number of morpholine rings is 2. The molecule has 190 valence electrons. The Labute approximate surface area is 202 Å². The molecule has 1 amide bonds. The van der Waals surface area contributed by atoms with Gasteiger partial charge in [-0.25, -0.2) is 0 Å². The van der Waals surface area contributed by atoms with Gasteiger partial charge < -0.3 is 24.6 Å². The number of carbonyl (C=O) groups is 1. The van der Waals surface area contributed by atoms with Crippen molar-refractivity contribution in [1.29, 1.82) is 0 Å². The number of hydrogen-bond acceptors (Lipinski definition) is 7. The topological polar surface area (TPSA) is 94.7 Å². The Kier molecular flexibility index (Phi) is 8.43. The number of ether oxygens (including phenoxy) is 2. The second-order valence-corrected chi connectivity index (χ2v) is 11.2. The van der Waals surface area contributed by atoms with E-state index in [9.17, 15) is 13.2 Å². The Morgan fingerprint density at radius 3 is 2.18 bits per heavy atom. The molecule has 3 heterocycles. The molecule has 1 N–H and O–H groups in total. The summed E-state index contributed by atoms with van der Waals surface area (Å²) in [7, 11) is -3.49. The number of piperazine rings is 1. The lowest BCUT2D eigenvalue weighted by molar-refractivity contribution is -0.116. The third-order valence-electron chi connectivity index (χ3n) is 6.55. The minimum absolute atomic E-state index is 0.0366. The Morgan fingerprint density at radius 2 is 1.56 bits per heavy atom. The summed E-state index contributed by atoms with van der Waals surface area (Å²) in [4.78, 5) is 16.9. The molecule has 4 rings (SSSR count). The molecular formula is C23H37N5O5S. The summed E-state index contributed by atoms with van der Waals surface area (Å²) in [6.07, 6.45) is 0.166. The molecule has 10 nitrogen and oxygen atoms in total. The molecule has 3 fully saturated rings. The van der Waals surface area contributed by atoms with E-state index in [1.54, 1.807) is 8.61 Å². The summed E-state index contributed by atoms with van der Waals surface area (Å²) < 4.78 is 40.2. The van der Waals surface area contributed by atoms with Crippen molar-refractivity contribution in [2.24, 2.45) is 0 Å². The Bertz CT molecular complexity index is 904. The summed E-state index contributed by atoms with van der Waals surface area (Å²) >= 11 is 0. The molecule has 0 bridgehead atoms. The molecule has 0 aliphatic carbocycles. The standard InChI is InChI=1S/C23H37N5O5S/c1-19-17-28(18-20(2)33-19)34(30,31)27-11-9-25(10-12-27)8-7-23(29)24-21-3-5-22(6-4-21)26-13-15-32-16-14-26/h3-6,19-20H,7-18H2,1-2H3,(H,24,29)/t19-,20-/m1/s1. The van der Waals surface area contributed by atoms with Gasteiger partial charge in [0, 0.05) is 76.7 Å².